The third-order valence-electron chi connectivity index (χ3n) is 5.67. The molecule has 1 N–H and O–H groups in total. The van der Waals surface area contributed by atoms with Crippen molar-refractivity contribution in [3.05, 3.63) is 0 Å². The van der Waals surface area contributed by atoms with Crippen molar-refractivity contribution in [3.63, 3.8) is 0 Å². The maximum atomic E-state index is 6.09. The molecule has 2 unspecified atom stereocenters. The van der Waals surface area contributed by atoms with Gasteiger partial charge in [-0.3, -0.25) is 0 Å². The lowest BCUT2D eigenvalue weighted by atomic mass is 9.68. The van der Waals surface area contributed by atoms with E-state index in [0.29, 0.717) is 11.0 Å². The second kappa shape index (κ2) is 4.79. The molecule has 1 aliphatic heterocycles. The number of hydrogen-bond donors (Lipinski definition) is 1. The van der Waals surface area contributed by atoms with Gasteiger partial charge < -0.3 is 10.1 Å². The predicted octanol–water partition coefficient (Wildman–Crippen LogP) is 3.50. The molecule has 0 radical (unpaired) electrons. The van der Waals surface area contributed by atoms with E-state index >= 15 is 0 Å². The van der Waals surface area contributed by atoms with Crippen LogP contribution in [0.25, 0.3) is 0 Å². The van der Waals surface area contributed by atoms with Crippen molar-refractivity contribution in [2.24, 2.45) is 11.3 Å². The van der Waals surface area contributed by atoms with Crippen molar-refractivity contribution in [1.29, 1.82) is 0 Å². The zero-order chi connectivity index (χ0) is 12.6. The smallest absolute Gasteiger partial charge is 0.0685 e. The molecular weight excluding hydrogens is 222 g/mol. The maximum Gasteiger partial charge on any atom is 0.0685 e. The Hall–Kier alpha value is -0.0800. The molecule has 3 aliphatic rings. The van der Waals surface area contributed by atoms with Crippen LogP contribution in [0.2, 0.25) is 0 Å². The second-order valence-corrected chi connectivity index (χ2v) is 7.22. The molecule has 0 amide bonds. The lowest BCUT2D eigenvalue weighted by Crippen LogP contribution is -2.52. The number of ether oxygens (including phenoxy) is 1. The summed E-state index contributed by atoms with van der Waals surface area (Å²) in [5, 5.41) is 3.87. The Kier molecular flexibility index (Phi) is 3.44. The molecule has 1 heterocycles. The molecule has 2 saturated carbocycles. The minimum Gasteiger partial charge on any atom is -0.375 e. The highest BCUT2D eigenvalue weighted by Gasteiger charge is 2.51. The van der Waals surface area contributed by atoms with Gasteiger partial charge in [0.2, 0.25) is 0 Å². The summed E-state index contributed by atoms with van der Waals surface area (Å²) >= 11 is 0. The zero-order valence-electron chi connectivity index (χ0n) is 12.1. The van der Waals surface area contributed by atoms with E-state index < -0.39 is 0 Å². The van der Waals surface area contributed by atoms with E-state index in [4.69, 9.17) is 4.74 Å². The Morgan fingerprint density at radius 1 is 1.28 bits per heavy atom. The van der Waals surface area contributed by atoms with Gasteiger partial charge in [0.1, 0.15) is 0 Å². The lowest BCUT2D eigenvalue weighted by molar-refractivity contribution is -0.149. The van der Waals surface area contributed by atoms with E-state index in [1.807, 2.05) is 0 Å². The first-order valence-corrected chi connectivity index (χ1v) is 8.05. The summed E-state index contributed by atoms with van der Waals surface area (Å²) in [6.07, 6.45) is 10.7. The van der Waals surface area contributed by atoms with Gasteiger partial charge in [-0.1, -0.05) is 13.8 Å². The largest absolute Gasteiger partial charge is 0.375 e. The molecule has 18 heavy (non-hydrogen) atoms. The molecule has 0 bridgehead atoms. The van der Waals surface area contributed by atoms with Crippen molar-refractivity contribution in [1.82, 2.24) is 5.32 Å². The summed E-state index contributed by atoms with van der Waals surface area (Å²) in [6, 6.07) is 0.749. The Morgan fingerprint density at radius 3 is 2.61 bits per heavy atom. The van der Waals surface area contributed by atoms with Crippen molar-refractivity contribution in [2.75, 3.05) is 13.2 Å². The highest BCUT2D eigenvalue weighted by atomic mass is 16.5. The molecule has 2 atom stereocenters. The third-order valence-corrected chi connectivity index (χ3v) is 5.67. The van der Waals surface area contributed by atoms with Crippen LogP contribution in [0.4, 0.5) is 0 Å². The fourth-order valence-electron chi connectivity index (χ4n) is 4.06. The molecule has 3 rings (SSSR count). The van der Waals surface area contributed by atoms with Gasteiger partial charge in [0.25, 0.3) is 0 Å². The predicted molar refractivity (Wildman–Crippen MR) is 74.7 cm³/mol. The van der Waals surface area contributed by atoms with Gasteiger partial charge in [0.05, 0.1) is 5.60 Å². The van der Waals surface area contributed by atoms with E-state index in [1.165, 1.54) is 57.9 Å². The van der Waals surface area contributed by atoms with E-state index in [0.717, 1.165) is 18.6 Å². The first kappa shape index (κ1) is 12.9. The number of rotatable bonds is 5. The molecule has 1 spiro atoms. The Bertz CT molecular complexity index is 293. The van der Waals surface area contributed by atoms with Crippen LogP contribution in [0.1, 0.15) is 65.2 Å². The van der Waals surface area contributed by atoms with Crippen molar-refractivity contribution in [2.45, 2.75) is 76.9 Å². The first-order valence-electron chi connectivity index (χ1n) is 8.05. The van der Waals surface area contributed by atoms with Crippen LogP contribution in [-0.4, -0.2) is 24.8 Å². The Labute approximate surface area is 112 Å². The molecule has 0 aromatic carbocycles. The van der Waals surface area contributed by atoms with Gasteiger partial charge in [0.15, 0.2) is 0 Å². The summed E-state index contributed by atoms with van der Waals surface area (Å²) in [5.41, 5.74) is 0.905. The molecule has 2 aliphatic carbocycles. The Balaban J connectivity index is 1.65. The standard InChI is InChI=1S/C16H29NO/c1-3-10-17-14(15(2)8-9-15)13-5-11-18-16(12-13)6-4-7-16/h13-14,17H,3-12H2,1-2H3. The highest BCUT2D eigenvalue weighted by molar-refractivity contribution is 5.05. The van der Waals surface area contributed by atoms with E-state index in [1.54, 1.807) is 0 Å². The fourth-order valence-corrected chi connectivity index (χ4v) is 4.06. The van der Waals surface area contributed by atoms with Crippen LogP contribution in [0.5, 0.6) is 0 Å². The summed E-state index contributed by atoms with van der Waals surface area (Å²) < 4.78 is 6.09. The van der Waals surface area contributed by atoms with Crippen LogP contribution in [0.15, 0.2) is 0 Å². The van der Waals surface area contributed by atoms with Gasteiger partial charge >= 0.3 is 0 Å². The molecule has 3 fully saturated rings. The van der Waals surface area contributed by atoms with E-state index in [9.17, 15) is 0 Å². The normalized spacial score (nSPS) is 34.0. The monoisotopic (exact) mass is 251 g/mol. The first-order chi connectivity index (χ1) is 8.68. The van der Waals surface area contributed by atoms with E-state index in [2.05, 4.69) is 19.2 Å². The zero-order valence-corrected chi connectivity index (χ0v) is 12.1. The number of nitrogens with one attached hydrogen (secondary N) is 1. The summed E-state index contributed by atoms with van der Waals surface area (Å²) in [6.45, 7) is 6.95. The van der Waals surface area contributed by atoms with Gasteiger partial charge in [-0.15, -0.1) is 0 Å². The minimum atomic E-state index is 0.306. The van der Waals surface area contributed by atoms with Crippen LogP contribution < -0.4 is 5.32 Å². The van der Waals surface area contributed by atoms with Crippen molar-refractivity contribution in [3.8, 4) is 0 Å². The molecule has 0 aromatic heterocycles. The molecule has 2 nitrogen and oxygen atoms in total. The van der Waals surface area contributed by atoms with Crippen LogP contribution >= 0.6 is 0 Å². The SMILES string of the molecule is CCCNC(C1CCOC2(CCC2)C1)C1(C)CC1. The van der Waals surface area contributed by atoms with Crippen molar-refractivity contribution >= 4 is 0 Å². The molecule has 2 heteroatoms. The number of hydrogen-bond acceptors (Lipinski definition) is 2. The molecule has 1 saturated heterocycles. The second-order valence-electron chi connectivity index (χ2n) is 7.22. The quantitative estimate of drug-likeness (QED) is 0.807. The van der Waals surface area contributed by atoms with Gasteiger partial charge in [-0.05, 0) is 69.2 Å². The fraction of sp³-hybridized carbons (Fsp3) is 1.00. The highest BCUT2D eigenvalue weighted by Crippen LogP contribution is 2.54. The van der Waals surface area contributed by atoms with Crippen LogP contribution in [0.3, 0.4) is 0 Å². The lowest BCUT2D eigenvalue weighted by Gasteiger charge is -2.50. The van der Waals surface area contributed by atoms with Gasteiger partial charge in [-0.25, -0.2) is 0 Å². The molecule has 104 valence electrons. The van der Waals surface area contributed by atoms with Crippen LogP contribution in [0, 0.1) is 11.3 Å². The van der Waals surface area contributed by atoms with E-state index in [-0.39, 0.29) is 0 Å². The molecular formula is C16H29NO. The average Bonchev–Trinajstić information content (AvgIpc) is 3.07. The summed E-state index contributed by atoms with van der Waals surface area (Å²) in [4.78, 5) is 0. The topological polar surface area (TPSA) is 21.3 Å². The van der Waals surface area contributed by atoms with Gasteiger partial charge in [-0.2, -0.15) is 0 Å². The minimum absolute atomic E-state index is 0.306. The van der Waals surface area contributed by atoms with Crippen LogP contribution in [-0.2, 0) is 4.74 Å². The molecule has 0 aromatic rings. The summed E-state index contributed by atoms with van der Waals surface area (Å²) in [5.74, 6) is 0.859. The van der Waals surface area contributed by atoms with Crippen molar-refractivity contribution < 1.29 is 4.74 Å². The van der Waals surface area contributed by atoms with Gasteiger partial charge in [0, 0.05) is 12.6 Å². The summed E-state index contributed by atoms with van der Waals surface area (Å²) in [7, 11) is 0. The third kappa shape index (κ3) is 2.34. The maximum absolute atomic E-state index is 6.09. The average molecular weight is 251 g/mol. The Morgan fingerprint density at radius 2 is 2.06 bits per heavy atom.